The number of nitrogens with one attached hydrogen (secondary N) is 1. The predicted molar refractivity (Wildman–Crippen MR) is 124 cm³/mol. The number of hydrogen-bond acceptors (Lipinski definition) is 7. The number of dihydropyridines is 1. The molecule has 0 aliphatic carbocycles. The molecular weight excluding hydrogens is 424 g/mol. The van der Waals surface area contributed by atoms with Crippen LogP contribution in [-0.2, 0) is 14.3 Å². The maximum atomic E-state index is 12.8. The van der Waals surface area contributed by atoms with Gasteiger partial charge < -0.3 is 19.9 Å². The molecule has 0 aromatic heterocycles. The maximum Gasteiger partial charge on any atom is 0.336 e. The molecular formula is C24H32N4O5. The zero-order chi connectivity index (χ0) is 24.0. The number of nitro groups is 1. The number of non-ortho nitro benzene ring substituents is 1. The number of likely N-dealkylation sites (tertiary alicyclic amines) is 1. The summed E-state index contributed by atoms with van der Waals surface area (Å²) in [5.74, 6) is -1.09. The fourth-order valence-electron chi connectivity index (χ4n) is 4.74. The van der Waals surface area contributed by atoms with Gasteiger partial charge in [-0.3, -0.25) is 14.9 Å². The Morgan fingerprint density at radius 1 is 1.21 bits per heavy atom. The summed E-state index contributed by atoms with van der Waals surface area (Å²) in [5.41, 5.74) is 3.07. The minimum Gasteiger partial charge on any atom is -0.466 e. The van der Waals surface area contributed by atoms with Crippen molar-refractivity contribution in [3.05, 3.63) is 62.6 Å². The Bertz CT molecular complexity index is 948. The molecule has 1 saturated heterocycles. The summed E-state index contributed by atoms with van der Waals surface area (Å²) in [7, 11) is 1.32. The van der Waals surface area contributed by atoms with Crippen LogP contribution in [0.3, 0.4) is 0 Å². The molecule has 1 amide bonds. The molecule has 1 N–H and O–H groups in total. The molecule has 0 saturated carbocycles. The van der Waals surface area contributed by atoms with E-state index in [0.29, 0.717) is 29.1 Å². The average molecular weight is 457 g/mol. The molecule has 3 rings (SSSR count). The molecule has 1 atom stereocenters. The van der Waals surface area contributed by atoms with Gasteiger partial charge in [-0.15, -0.1) is 0 Å². The molecule has 33 heavy (non-hydrogen) atoms. The van der Waals surface area contributed by atoms with E-state index < -0.39 is 16.8 Å². The number of rotatable bonds is 9. The summed E-state index contributed by atoms with van der Waals surface area (Å²) in [5, 5.41) is 14.3. The number of hydrogen-bond donors (Lipinski definition) is 1. The first-order valence-corrected chi connectivity index (χ1v) is 11.3. The van der Waals surface area contributed by atoms with Gasteiger partial charge in [0.1, 0.15) is 0 Å². The summed E-state index contributed by atoms with van der Waals surface area (Å²) >= 11 is 0. The van der Waals surface area contributed by atoms with Gasteiger partial charge in [-0.25, -0.2) is 4.79 Å². The normalized spacial score (nSPS) is 19.2. The number of amides is 1. The number of ether oxygens (including phenoxy) is 1. The van der Waals surface area contributed by atoms with Gasteiger partial charge in [-0.1, -0.05) is 18.6 Å². The highest BCUT2D eigenvalue weighted by molar-refractivity contribution is 5.92. The zero-order valence-corrected chi connectivity index (χ0v) is 19.5. The lowest BCUT2D eigenvalue weighted by molar-refractivity contribution is -0.384. The van der Waals surface area contributed by atoms with E-state index in [0.717, 1.165) is 38.2 Å². The number of carbonyl (C=O) groups is 2. The molecule has 0 radical (unpaired) electrons. The summed E-state index contributed by atoms with van der Waals surface area (Å²) in [4.78, 5) is 39.7. The van der Waals surface area contributed by atoms with Crippen LogP contribution < -0.4 is 5.32 Å². The van der Waals surface area contributed by atoms with Crippen LogP contribution in [0, 0.1) is 10.1 Å². The van der Waals surface area contributed by atoms with E-state index in [2.05, 4.69) is 10.2 Å². The van der Waals surface area contributed by atoms with Gasteiger partial charge in [0.15, 0.2) is 0 Å². The SMILES string of the molecule is COC(=O)C1=C(C)NC(C)=C(N(C=O)CCCN2CCCCC2)C1c1ccc([N+](=O)[O-])cc1. The molecule has 2 heterocycles. The van der Waals surface area contributed by atoms with Crippen molar-refractivity contribution in [2.45, 2.75) is 45.4 Å². The van der Waals surface area contributed by atoms with E-state index in [9.17, 15) is 19.7 Å². The Labute approximate surface area is 194 Å². The Kier molecular flexibility index (Phi) is 8.21. The average Bonchev–Trinajstić information content (AvgIpc) is 2.82. The second kappa shape index (κ2) is 11.1. The predicted octanol–water partition coefficient (Wildman–Crippen LogP) is 3.29. The first-order chi connectivity index (χ1) is 15.9. The van der Waals surface area contributed by atoms with Crippen molar-refractivity contribution in [2.75, 3.05) is 33.3 Å². The fraction of sp³-hybridized carbons (Fsp3) is 0.500. The minimum atomic E-state index is -0.584. The second-order valence-electron chi connectivity index (χ2n) is 8.50. The third-order valence-corrected chi connectivity index (χ3v) is 6.33. The van der Waals surface area contributed by atoms with Crippen LogP contribution in [0.1, 0.15) is 51.0 Å². The van der Waals surface area contributed by atoms with Crippen molar-refractivity contribution in [1.29, 1.82) is 0 Å². The van der Waals surface area contributed by atoms with Gasteiger partial charge >= 0.3 is 5.97 Å². The lowest BCUT2D eigenvalue weighted by Gasteiger charge is -2.36. The number of allylic oxidation sites excluding steroid dienone is 3. The summed E-state index contributed by atoms with van der Waals surface area (Å²) in [6.07, 6.45) is 5.29. The van der Waals surface area contributed by atoms with Crippen molar-refractivity contribution in [3.63, 3.8) is 0 Å². The number of benzene rings is 1. The molecule has 1 aromatic rings. The zero-order valence-electron chi connectivity index (χ0n) is 19.5. The highest BCUT2D eigenvalue weighted by atomic mass is 16.6. The number of carbonyl (C=O) groups excluding carboxylic acids is 2. The summed E-state index contributed by atoms with van der Waals surface area (Å²) in [6, 6.07) is 6.09. The van der Waals surface area contributed by atoms with Gasteiger partial charge in [-0.05, 0) is 58.3 Å². The standard InChI is InChI=1S/C24H32N4O5/c1-17-21(24(30)33-3)22(19-8-10-20(11-9-19)28(31)32)23(18(2)25-17)27(16-29)15-7-14-26-12-5-4-6-13-26/h8-11,16,22,25H,4-7,12-15H2,1-3H3. The van der Waals surface area contributed by atoms with Crippen LogP contribution >= 0.6 is 0 Å². The molecule has 0 bridgehead atoms. The molecule has 0 spiro atoms. The molecule has 2 aliphatic rings. The number of piperidine rings is 1. The fourth-order valence-corrected chi connectivity index (χ4v) is 4.74. The quantitative estimate of drug-likeness (QED) is 0.263. The number of methoxy groups -OCH3 is 1. The van der Waals surface area contributed by atoms with E-state index in [-0.39, 0.29) is 5.69 Å². The van der Waals surface area contributed by atoms with Crippen LogP contribution in [0.5, 0.6) is 0 Å². The summed E-state index contributed by atoms with van der Waals surface area (Å²) < 4.78 is 5.05. The molecule has 9 nitrogen and oxygen atoms in total. The van der Waals surface area contributed by atoms with Gasteiger partial charge in [0.2, 0.25) is 6.41 Å². The van der Waals surface area contributed by atoms with Crippen LogP contribution in [0.2, 0.25) is 0 Å². The Balaban J connectivity index is 1.92. The van der Waals surface area contributed by atoms with E-state index >= 15 is 0 Å². The maximum absolute atomic E-state index is 12.8. The molecule has 1 fully saturated rings. The van der Waals surface area contributed by atoms with E-state index in [1.54, 1.807) is 24.0 Å². The van der Waals surface area contributed by atoms with Crippen molar-refractivity contribution in [2.24, 2.45) is 0 Å². The smallest absolute Gasteiger partial charge is 0.336 e. The third kappa shape index (κ3) is 5.60. The van der Waals surface area contributed by atoms with Crippen molar-refractivity contribution < 1.29 is 19.2 Å². The first-order valence-electron chi connectivity index (χ1n) is 11.3. The van der Waals surface area contributed by atoms with Gasteiger partial charge in [-0.2, -0.15) is 0 Å². The molecule has 178 valence electrons. The van der Waals surface area contributed by atoms with Crippen molar-refractivity contribution in [1.82, 2.24) is 15.1 Å². The Morgan fingerprint density at radius 2 is 1.88 bits per heavy atom. The summed E-state index contributed by atoms with van der Waals surface area (Å²) in [6.45, 7) is 7.24. The third-order valence-electron chi connectivity index (χ3n) is 6.33. The van der Waals surface area contributed by atoms with Crippen molar-refractivity contribution in [3.8, 4) is 0 Å². The Hall–Kier alpha value is -3.20. The monoisotopic (exact) mass is 456 g/mol. The highest BCUT2D eigenvalue weighted by Gasteiger charge is 2.36. The molecule has 1 unspecified atom stereocenters. The van der Waals surface area contributed by atoms with Crippen LogP contribution in [0.4, 0.5) is 5.69 Å². The highest BCUT2D eigenvalue weighted by Crippen LogP contribution is 2.40. The van der Waals surface area contributed by atoms with Crippen LogP contribution in [-0.4, -0.2) is 60.4 Å². The Morgan fingerprint density at radius 3 is 2.45 bits per heavy atom. The number of nitrogens with zero attached hydrogens (tertiary/aromatic N) is 3. The molecule has 1 aromatic carbocycles. The number of esters is 1. The first kappa shape index (κ1) is 24.4. The van der Waals surface area contributed by atoms with Gasteiger partial charge in [0, 0.05) is 30.1 Å². The molecule has 9 heteroatoms. The van der Waals surface area contributed by atoms with E-state index in [1.807, 2.05) is 6.92 Å². The molecule has 2 aliphatic heterocycles. The van der Waals surface area contributed by atoms with E-state index in [1.165, 1.54) is 38.5 Å². The second-order valence-corrected chi connectivity index (χ2v) is 8.50. The van der Waals surface area contributed by atoms with Gasteiger partial charge in [0.05, 0.1) is 29.2 Å². The largest absolute Gasteiger partial charge is 0.466 e. The van der Waals surface area contributed by atoms with Gasteiger partial charge in [0.25, 0.3) is 5.69 Å². The minimum absolute atomic E-state index is 0.0379. The van der Waals surface area contributed by atoms with Crippen molar-refractivity contribution >= 4 is 18.1 Å². The topological polar surface area (TPSA) is 105 Å². The lowest BCUT2D eigenvalue weighted by Crippen LogP contribution is -2.38. The van der Waals surface area contributed by atoms with E-state index in [4.69, 9.17) is 4.74 Å². The van der Waals surface area contributed by atoms with Crippen LogP contribution in [0.25, 0.3) is 0 Å². The lowest BCUT2D eigenvalue weighted by atomic mass is 9.83. The number of nitro benzene ring substituents is 1. The van der Waals surface area contributed by atoms with Crippen LogP contribution in [0.15, 0.2) is 46.9 Å².